The molecule has 0 radical (unpaired) electrons. The summed E-state index contributed by atoms with van der Waals surface area (Å²) >= 11 is 0. The van der Waals surface area contributed by atoms with E-state index in [1.165, 1.54) is 6.20 Å². The normalized spacial score (nSPS) is 19.9. The molecule has 1 saturated carbocycles. The fourth-order valence-corrected chi connectivity index (χ4v) is 2.71. The van der Waals surface area contributed by atoms with Gasteiger partial charge in [-0.2, -0.15) is 5.10 Å². The van der Waals surface area contributed by atoms with Gasteiger partial charge in [0, 0.05) is 17.9 Å². The Balaban J connectivity index is 1.64. The van der Waals surface area contributed by atoms with Crippen molar-refractivity contribution in [1.29, 1.82) is 0 Å². The number of pyridine rings is 1. The van der Waals surface area contributed by atoms with Gasteiger partial charge in [0.25, 0.3) is 5.91 Å². The summed E-state index contributed by atoms with van der Waals surface area (Å²) in [5.74, 6) is -0.716. The molecule has 0 bridgehead atoms. The number of aliphatic carboxylic acids is 1. The van der Waals surface area contributed by atoms with Gasteiger partial charge in [-0.05, 0) is 44.9 Å². The molecule has 1 aliphatic rings. The zero-order valence-electron chi connectivity index (χ0n) is 13.0. The number of carbonyl (C=O) groups excluding carboxylic acids is 1. The molecule has 120 valence electrons. The van der Waals surface area contributed by atoms with E-state index in [-0.39, 0.29) is 17.9 Å². The maximum absolute atomic E-state index is 12.1. The first kappa shape index (κ1) is 15.2. The van der Waals surface area contributed by atoms with Gasteiger partial charge < -0.3 is 10.4 Å². The SMILES string of the molecule is Cc1cc(C)n(-c2ccc(C(=O)NC3CC(C(=O)O)C3)cn2)n1. The lowest BCUT2D eigenvalue weighted by atomic mass is 9.80. The molecule has 2 aromatic heterocycles. The number of hydrogen-bond donors (Lipinski definition) is 2. The van der Waals surface area contributed by atoms with Gasteiger partial charge in [0.1, 0.15) is 0 Å². The second-order valence-electron chi connectivity index (χ2n) is 5.92. The molecular formula is C16H18N4O3. The zero-order chi connectivity index (χ0) is 16.6. The Morgan fingerprint density at radius 3 is 2.57 bits per heavy atom. The van der Waals surface area contributed by atoms with Crippen molar-refractivity contribution in [3.05, 3.63) is 41.3 Å². The molecule has 7 heteroatoms. The zero-order valence-corrected chi connectivity index (χ0v) is 13.0. The molecule has 0 saturated heterocycles. The second kappa shape index (κ2) is 5.83. The van der Waals surface area contributed by atoms with Crippen molar-refractivity contribution in [1.82, 2.24) is 20.1 Å². The van der Waals surface area contributed by atoms with E-state index < -0.39 is 5.97 Å². The molecular weight excluding hydrogens is 296 g/mol. The molecule has 0 atom stereocenters. The van der Waals surface area contributed by atoms with Crippen LogP contribution in [-0.2, 0) is 4.79 Å². The van der Waals surface area contributed by atoms with Crippen molar-refractivity contribution < 1.29 is 14.7 Å². The van der Waals surface area contributed by atoms with Crippen molar-refractivity contribution in [2.24, 2.45) is 5.92 Å². The molecule has 0 aliphatic heterocycles. The third-order valence-corrected chi connectivity index (χ3v) is 4.06. The van der Waals surface area contributed by atoms with Gasteiger partial charge in [0.05, 0.1) is 17.2 Å². The standard InChI is InChI=1S/C16H18N4O3/c1-9-5-10(2)20(19-9)14-4-3-11(8-17-14)15(21)18-13-6-12(7-13)16(22)23/h3-5,8,12-13H,6-7H2,1-2H3,(H,18,21)(H,22,23). The Morgan fingerprint density at radius 1 is 1.30 bits per heavy atom. The van der Waals surface area contributed by atoms with E-state index in [0.717, 1.165) is 11.4 Å². The van der Waals surface area contributed by atoms with Crippen LogP contribution >= 0.6 is 0 Å². The molecule has 2 heterocycles. The van der Waals surface area contributed by atoms with Crippen LogP contribution in [0.4, 0.5) is 0 Å². The number of carboxylic acids is 1. The van der Waals surface area contributed by atoms with E-state index in [2.05, 4.69) is 15.4 Å². The molecule has 1 amide bonds. The minimum atomic E-state index is -0.800. The maximum Gasteiger partial charge on any atom is 0.306 e. The number of aryl methyl sites for hydroxylation is 2. The van der Waals surface area contributed by atoms with E-state index in [0.29, 0.717) is 24.2 Å². The summed E-state index contributed by atoms with van der Waals surface area (Å²) in [6.07, 6.45) is 2.48. The van der Waals surface area contributed by atoms with Gasteiger partial charge in [0.2, 0.25) is 0 Å². The van der Waals surface area contributed by atoms with Gasteiger partial charge in [-0.15, -0.1) is 0 Å². The lowest BCUT2D eigenvalue weighted by molar-refractivity contribution is -0.145. The van der Waals surface area contributed by atoms with Crippen LogP contribution < -0.4 is 5.32 Å². The highest BCUT2D eigenvalue weighted by Crippen LogP contribution is 2.27. The monoisotopic (exact) mass is 314 g/mol. The smallest absolute Gasteiger partial charge is 0.306 e. The van der Waals surface area contributed by atoms with E-state index >= 15 is 0 Å². The summed E-state index contributed by atoms with van der Waals surface area (Å²) in [6, 6.07) is 5.33. The fraction of sp³-hybridized carbons (Fsp3) is 0.375. The average molecular weight is 314 g/mol. The van der Waals surface area contributed by atoms with Crippen LogP contribution in [0.2, 0.25) is 0 Å². The molecule has 1 aliphatic carbocycles. The number of nitrogens with zero attached hydrogens (tertiary/aromatic N) is 3. The first-order valence-electron chi connectivity index (χ1n) is 7.47. The van der Waals surface area contributed by atoms with E-state index in [1.54, 1.807) is 16.8 Å². The summed E-state index contributed by atoms with van der Waals surface area (Å²) in [4.78, 5) is 27.2. The Kier molecular flexibility index (Phi) is 3.85. The predicted octanol–water partition coefficient (Wildman–Crippen LogP) is 1.48. The highest BCUT2D eigenvalue weighted by Gasteiger charge is 2.35. The molecule has 2 N–H and O–H groups in total. The summed E-state index contributed by atoms with van der Waals surface area (Å²) in [6.45, 7) is 3.85. The van der Waals surface area contributed by atoms with E-state index in [4.69, 9.17) is 5.11 Å². The van der Waals surface area contributed by atoms with Gasteiger partial charge >= 0.3 is 5.97 Å². The third kappa shape index (κ3) is 3.08. The first-order chi connectivity index (χ1) is 10.9. The number of amides is 1. The Bertz CT molecular complexity index is 745. The van der Waals surface area contributed by atoms with Crippen LogP contribution in [0.1, 0.15) is 34.6 Å². The summed E-state index contributed by atoms with van der Waals surface area (Å²) < 4.78 is 1.72. The predicted molar refractivity (Wildman–Crippen MR) is 82.4 cm³/mol. The van der Waals surface area contributed by atoms with Crippen LogP contribution in [0.3, 0.4) is 0 Å². The second-order valence-corrected chi connectivity index (χ2v) is 5.92. The maximum atomic E-state index is 12.1. The molecule has 1 fully saturated rings. The molecule has 2 aromatic rings. The summed E-state index contributed by atoms with van der Waals surface area (Å²) in [7, 11) is 0. The molecule has 0 aromatic carbocycles. The quantitative estimate of drug-likeness (QED) is 0.891. The number of carbonyl (C=O) groups is 2. The van der Waals surface area contributed by atoms with Crippen LogP contribution in [0.5, 0.6) is 0 Å². The van der Waals surface area contributed by atoms with Crippen molar-refractivity contribution in [3.63, 3.8) is 0 Å². The van der Waals surface area contributed by atoms with Gasteiger partial charge in [0.15, 0.2) is 5.82 Å². The third-order valence-electron chi connectivity index (χ3n) is 4.06. The number of hydrogen-bond acceptors (Lipinski definition) is 4. The van der Waals surface area contributed by atoms with Crippen molar-refractivity contribution in [3.8, 4) is 5.82 Å². The lowest BCUT2D eigenvalue weighted by Crippen LogP contribution is -2.46. The number of rotatable bonds is 4. The Hall–Kier alpha value is -2.70. The Labute approximate surface area is 133 Å². The minimum absolute atomic E-state index is 0.0701. The fourth-order valence-electron chi connectivity index (χ4n) is 2.71. The average Bonchev–Trinajstić information content (AvgIpc) is 2.80. The topological polar surface area (TPSA) is 97.1 Å². The molecule has 0 spiro atoms. The summed E-state index contributed by atoms with van der Waals surface area (Å²) in [5.41, 5.74) is 2.33. The summed E-state index contributed by atoms with van der Waals surface area (Å²) in [5, 5.41) is 16.0. The minimum Gasteiger partial charge on any atom is -0.481 e. The van der Waals surface area contributed by atoms with Crippen LogP contribution in [0, 0.1) is 19.8 Å². The van der Waals surface area contributed by atoms with Gasteiger partial charge in [-0.1, -0.05) is 0 Å². The van der Waals surface area contributed by atoms with Crippen molar-refractivity contribution in [2.45, 2.75) is 32.7 Å². The van der Waals surface area contributed by atoms with Crippen LogP contribution in [0.15, 0.2) is 24.4 Å². The van der Waals surface area contributed by atoms with Crippen molar-refractivity contribution >= 4 is 11.9 Å². The van der Waals surface area contributed by atoms with Crippen LogP contribution in [-0.4, -0.2) is 37.8 Å². The van der Waals surface area contributed by atoms with Gasteiger partial charge in [-0.25, -0.2) is 9.67 Å². The Morgan fingerprint density at radius 2 is 2.04 bits per heavy atom. The van der Waals surface area contributed by atoms with Crippen LogP contribution in [0.25, 0.3) is 5.82 Å². The van der Waals surface area contributed by atoms with E-state index in [9.17, 15) is 9.59 Å². The highest BCUT2D eigenvalue weighted by molar-refractivity contribution is 5.94. The highest BCUT2D eigenvalue weighted by atomic mass is 16.4. The molecule has 23 heavy (non-hydrogen) atoms. The van der Waals surface area contributed by atoms with Gasteiger partial charge in [-0.3, -0.25) is 9.59 Å². The number of carboxylic acid groups (broad SMARTS) is 1. The van der Waals surface area contributed by atoms with E-state index in [1.807, 2.05) is 19.9 Å². The molecule has 0 unspecified atom stereocenters. The largest absolute Gasteiger partial charge is 0.481 e. The molecule has 7 nitrogen and oxygen atoms in total. The number of aromatic nitrogens is 3. The lowest BCUT2D eigenvalue weighted by Gasteiger charge is -2.32. The van der Waals surface area contributed by atoms with Crippen molar-refractivity contribution in [2.75, 3.05) is 0 Å². The molecule has 3 rings (SSSR count). The number of nitrogens with one attached hydrogen (secondary N) is 1. The first-order valence-corrected chi connectivity index (χ1v) is 7.47.